The van der Waals surface area contributed by atoms with Gasteiger partial charge in [0.1, 0.15) is 0 Å². The fourth-order valence-electron chi connectivity index (χ4n) is 4.14. The molecule has 0 fully saturated rings. The van der Waals surface area contributed by atoms with Gasteiger partial charge in [0, 0.05) is 16.5 Å². The summed E-state index contributed by atoms with van der Waals surface area (Å²) in [7, 11) is 4.31. The molecule has 0 bridgehead atoms. The highest BCUT2D eigenvalue weighted by molar-refractivity contribution is 6.30. The molecule has 24 heavy (non-hydrogen) atoms. The van der Waals surface area contributed by atoms with Gasteiger partial charge in [-0.3, -0.25) is 0 Å². The minimum Gasteiger partial charge on any atom is -0.303 e. The molecular weight excluding hydrogens is 314 g/mol. The van der Waals surface area contributed by atoms with E-state index in [9.17, 15) is 0 Å². The zero-order valence-corrected chi connectivity index (χ0v) is 14.9. The largest absolute Gasteiger partial charge is 0.303 e. The normalized spacial score (nSPS) is 24.8. The van der Waals surface area contributed by atoms with E-state index >= 15 is 0 Å². The minimum atomic E-state index is -0.0904. The maximum absolute atomic E-state index is 6.38. The molecule has 2 aromatic carbocycles. The second-order valence-electron chi connectivity index (χ2n) is 7.05. The van der Waals surface area contributed by atoms with E-state index in [4.69, 9.17) is 11.6 Å². The van der Waals surface area contributed by atoms with Crippen LogP contribution in [0.2, 0.25) is 5.02 Å². The summed E-state index contributed by atoms with van der Waals surface area (Å²) in [6.07, 6.45) is 11.5. The highest BCUT2D eigenvalue weighted by Crippen LogP contribution is 2.47. The number of benzene rings is 2. The Labute approximate surface area is 149 Å². The summed E-state index contributed by atoms with van der Waals surface area (Å²) >= 11 is 6.38. The van der Waals surface area contributed by atoms with E-state index in [0.717, 1.165) is 17.9 Å². The van der Waals surface area contributed by atoms with Crippen molar-refractivity contribution in [2.24, 2.45) is 0 Å². The third-order valence-electron chi connectivity index (χ3n) is 5.48. The Morgan fingerprint density at radius 2 is 1.75 bits per heavy atom. The predicted octanol–water partition coefficient (Wildman–Crippen LogP) is 5.39. The zero-order valence-electron chi connectivity index (χ0n) is 14.2. The molecule has 2 atom stereocenters. The molecule has 122 valence electrons. The van der Waals surface area contributed by atoms with Crippen molar-refractivity contribution in [1.29, 1.82) is 0 Å². The molecule has 2 aromatic rings. The first kappa shape index (κ1) is 15.7. The molecule has 4 rings (SSSR count). The molecule has 1 nitrogen and oxygen atoms in total. The van der Waals surface area contributed by atoms with Gasteiger partial charge in [0.25, 0.3) is 0 Å². The lowest BCUT2D eigenvalue weighted by Crippen LogP contribution is -2.36. The molecule has 1 spiro atoms. The first-order chi connectivity index (χ1) is 11.6. The van der Waals surface area contributed by atoms with E-state index in [1.165, 1.54) is 22.3 Å². The molecule has 0 radical (unpaired) electrons. The Hall–Kier alpha value is -1.83. The highest BCUT2D eigenvalue weighted by atomic mass is 35.5. The molecule has 0 unspecified atom stereocenters. The number of halogens is 1. The summed E-state index contributed by atoms with van der Waals surface area (Å²) in [5.41, 5.74) is 5.19. The van der Waals surface area contributed by atoms with Gasteiger partial charge in [-0.1, -0.05) is 66.2 Å². The third-order valence-corrected chi connectivity index (χ3v) is 5.72. The van der Waals surface area contributed by atoms with Crippen molar-refractivity contribution in [2.75, 3.05) is 14.1 Å². The van der Waals surface area contributed by atoms with Gasteiger partial charge in [0.15, 0.2) is 0 Å². The molecule has 0 saturated carbocycles. The number of likely N-dealkylation sites (N-methyl/N-ethyl adjacent to an activating group) is 1. The quantitative estimate of drug-likeness (QED) is 0.631. The summed E-state index contributed by atoms with van der Waals surface area (Å²) in [6, 6.07) is 15.6. The standard InChI is InChI=1S/C22H22ClN/c1-24(2)19-11-13-22(14-12-19)20-6-4-3-5-16(20)7-8-17-9-10-18(23)15-21(17)22/h3-11,13,15,19H,12,14H2,1-2H3/t19-,22+/m0/s1. The van der Waals surface area contributed by atoms with E-state index in [2.05, 4.69) is 79.7 Å². The molecule has 0 amide bonds. The third kappa shape index (κ3) is 2.44. The van der Waals surface area contributed by atoms with Crippen LogP contribution in [0.5, 0.6) is 0 Å². The Kier molecular flexibility index (Phi) is 3.86. The zero-order chi connectivity index (χ0) is 16.7. The number of rotatable bonds is 1. The molecule has 0 N–H and O–H groups in total. The Morgan fingerprint density at radius 1 is 1.00 bits per heavy atom. The molecule has 0 aliphatic heterocycles. The summed E-state index contributed by atoms with van der Waals surface area (Å²) in [6.45, 7) is 0. The van der Waals surface area contributed by atoms with Gasteiger partial charge in [0.05, 0.1) is 0 Å². The fraction of sp³-hybridized carbons (Fsp3) is 0.273. The predicted molar refractivity (Wildman–Crippen MR) is 103 cm³/mol. The number of hydrogen-bond donors (Lipinski definition) is 0. The van der Waals surface area contributed by atoms with Crippen LogP contribution >= 0.6 is 11.6 Å². The van der Waals surface area contributed by atoms with Gasteiger partial charge in [-0.2, -0.15) is 0 Å². The van der Waals surface area contributed by atoms with Crippen LogP contribution in [0.3, 0.4) is 0 Å². The van der Waals surface area contributed by atoms with Crippen LogP contribution in [0, 0.1) is 0 Å². The van der Waals surface area contributed by atoms with Crippen LogP contribution in [-0.2, 0) is 5.41 Å². The van der Waals surface area contributed by atoms with E-state index in [0.29, 0.717) is 6.04 Å². The summed E-state index contributed by atoms with van der Waals surface area (Å²) in [4.78, 5) is 2.29. The number of nitrogens with zero attached hydrogens (tertiary/aromatic N) is 1. The van der Waals surface area contributed by atoms with E-state index < -0.39 is 0 Å². The highest BCUT2D eigenvalue weighted by Gasteiger charge is 2.38. The van der Waals surface area contributed by atoms with Gasteiger partial charge in [-0.25, -0.2) is 0 Å². The lowest BCUT2D eigenvalue weighted by Gasteiger charge is -2.39. The summed E-state index contributed by atoms with van der Waals surface area (Å²) < 4.78 is 0. The van der Waals surface area contributed by atoms with E-state index in [1.54, 1.807) is 0 Å². The summed E-state index contributed by atoms with van der Waals surface area (Å²) in [5.74, 6) is 0. The van der Waals surface area contributed by atoms with Gasteiger partial charge in [-0.15, -0.1) is 0 Å². The Balaban J connectivity index is 1.97. The number of allylic oxidation sites excluding steroid dienone is 1. The van der Waals surface area contributed by atoms with Crippen molar-refractivity contribution in [3.05, 3.63) is 81.9 Å². The molecule has 2 heteroatoms. The van der Waals surface area contributed by atoms with Crippen molar-refractivity contribution in [3.8, 4) is 0 Å². The van der Waals surface area contributed by atoms with Gasteiger partial charge >= 0.3 is 0 Å². The van der Waals surface area contributed by atoms with Crippen LogP contribution in [0.1, 0.15) is 35.1 Å². The van der Waals surface area contributed by atoms with E-state index in [1.807, 2.05) is 6.07 Å². The molecule has 0 heterocycles. The van der Waals surface area contributed by atoms with Gasteiger partial charge in [0.2, 0.25) is 0 Å². The second kappa shape index (κ2) is 5.91. The first-order valence-corrected chi connectivity index (χ1v) is 8.91. The van der Waals surface area contributed by atoms with Crippen LogP contribution in [-0.4, -0.2) is 25.0 Å². The molecule has 2 aliphatic carbocycles. The molecular formula is C22H22ClN. The molecule has 0 aromatic heterocycles. The monoisotopic (exact) mass is 335 g/mol. The average molecular weight is 336 g/mol. The van der Waals surface area contributed by atoms with Crippen molar-refractivity contribution >= 4 is 23.8 Å². The average Bonchev–Trinajstić information content (AvgIpc) is 2.72. The number of fused-ring (bicyclic) bond motifs is 4. The lowest BCUT2D eigenvalue weighted by atomic mass is 9.66. The minimum absolute atomic E-state index is 0.0904. The smallest absolute Gasteiger partial charge is 0.0409 e. The van der Waals surface area contributed by atoms with Crippen molar-refractivity contribution in [1.82, 2.24) is 4.90 Å². The van der Waals surface area contributed by atoms with E-state index in [-0.39, 0.29) is 5.41 Å². The second-order valence-corrected chi connectivity index (χ2v) is 7.49. The fourth-order valence-corrected chi connectivity index (χ4v) is 4.32. The lowest BCUT2D eigenvalue weighted by molar-refractivity contribution is 0.297. The van der Waals surface area contributed by atoms with Crippen LogP contribution in [0.15, 0.2) is 54.6 Å². The van der Waals surface area contributed by atoms with Crippen LogP contribution in [0.25, 0.3) is 12.2 Å². The first-order valence-electron chi connectivity index (χ1n) is 8.53. The van der Waals surface area contributed by atoms with Crippen LogP contribution < -0.4 is 0 Å². The van der Waals surface area contributed by atoms with Gasteiger partial charge < -0.3 is 4.90 Å². The van der Waals surface area contributed by atoms with Crippen LogP contribution in [0.4, 0.5) is 0 Å². The van der Waals surface area contributed by atoms with Crippen molar-refractivity contribution < 1.29 is 0 Å². The topological polar surface area (TPSA) is 3.24 Å². The maximum atomic E-state index is 6.38. The maximum Gasteiger partial charge on any atom is 0.0409 e. The molecule has 0 saturated heterocycles. The van der Waals surface area contributed by atoms with Gasteiger partial charge in [-0.05, 0) is 61.3 Å². The Bertz CT molecular complexity index is 834. The summed E-state index contributed by atoms with van der Waals surface area (Å²) in [5, 5.41) is 0.809. The Morgan fingerprint density at radius 3 is 2.46 bits per heavy atom. The molecule has 2 aliphatic rings. The SMILES string of the molecule is CN(C)[C@H]1C=C[C@@]2(CC1)c1ccccc1C=Cc1ccc(Cl)cc12. The number of hydrogen-bond acceptors (Lipinski definition) is 1. The van der Waals surface area contributed by atoms with Crippen molar-refractivity contribution in [2.45, 2.75) is 24.3 Å². The van der Waals surface area contributed by atoms with Crippen molar-refractivity contribution in [3.63, 3.8) is 0 Å².